The van der Waals surface area contributed by atoms with Crippen LogP contribution in [0, 0.1) is 18.8 Å². The van der Waals surface area contributed by atoms with Crippen LogP contribution in [0.5, 0.6) is 5.75 Å². The van der Waals surface area contributed by atoms with Gasteiger partial charge in [0.15, 0.2) is 0 Å². The first-order valence-electron chi connectivity index (χ1n) is 7.53. The van der Waals surface area contributed by atoms with Crippen molar-refractivity contribution in [2.45, 2.75) is 6.92 Å². The van der Waals surface area contributed by atoms with Gasteiger partial charge in [-0.15, -0.1) is 0 Å². The van der Waals surface area contributed by atoms with E-state index >= 15 is 0 Å². The quantitative estimate of drug-likeness (QED) is 0.871. The fourth-order valence-corrected chi connectivity index (χ4v) is 3.39. The summed E-state index contributed by atoms with van der Waals surface area (Å²) in [5.74, 6) is 2.17. The Balaban J connectivity index is 1.58. The van der Waals surface area contributed by atoms with E-state index in [0.29, 0.717) is 24.1 Å². The van der Waals surface area contributed by atoms with Crippen molar-refractivity contribution < 1.29 is 9.53 Å². The first kappa shape index (κ1) is 14.4. The van der Waals surface area contributed by atoms with Crippen LogP contribution in [-0.2, 0) is 4.79 Å². The molecule has 2 saturated heterocycles. The maximum absolute atomic E-state index is 12.2. The predicted molar refractivity (Wildman–Crippen MR) is 82.7 cm³/mol. The molecule has 0 unspecified atom stereocenters. The third-order valence-corrected chi connectivity index (χ3v) is 4.46. The number of hydrogen-bond acceptors (Lipinski definition) is 4. The van der Waals surface area contributed by atoms with E-state index in [1.165, 1.54) is 0 Å². The number of aryl methyl sites for hydroxylation is 1. The van der Waals surface area contributed by atoms with Gasteiger partial charge in [0.25, 0.3) is 0 Å². The van der Waals surface area contributed by atoms with Crippen molar-refractivity contribution in [3.05, 3.63) is 23.8 Å². The van der Waals surface area contributed by atoms with Gasteiger partial charge in [0.2, 0.25) is 5.91 Å². The second-order valence-electron chi connectivity index (χ2n) is 6.12. The summed E-state index contributed by atoms with van der Waals surface area (Å²) in [4.78, 5) is 14.5. The third-order valence-electron chi connectivity index (χ3n) is 4.46. The molecule has 1 aromatic rings. The number of carbonyl (C=O) groups excluding carboxylic acids is 1. The fraction of sp³-hybridized carbons (Fsp3) is 0.562. The molecule has 3 rings (SSSR count). The van der Waals surface area contributed by atoms with E-state index in [1.807, 2.05) is 25.1 Å². The Morgan fingerprint density at radius 3 is 2.76 bits per heavy atom. The highest BCUT2D eigenvalue weighted by atomic mass is 16.5. The van der Waals surface area contributed by atoms with Crippen molar-refractivity contribution >= 4 is 11.6 Å². The van der Waals surface area contributed by atoms with Crippen LogP contribution in [0.2, 0.25) is 0 Å². The van der Waals surface area contributed by atoms with Gasteiger partial charge in [-0.3, -0.25) is 9.69 Å². The number of nitrogens with zero attached hydrogens (tertiary/aromatic N) is 1. The highest BCUT2D eigenvalue weighted by molar-refractivity contribution is 5.93. The summed E-state index contributed by atoms with van der Waals surface area (Å²) in [6, 6.07) is 5.80. The third kappa shape index (κ3) is 3.19. The van der Waals surface area contributed by atoms with Gasteiger partial charge in [0, 0.05) is 13.1 Å². The molecule has 21 heavy (non-hydrogen) atoms. The van der Waals surface area contributed by atoms with Crippen molar-refractivity contribution in [1.29, 1.82) is 0 Å². The zero-order valence-electron chi connectivity index (χ0n) is 12.7. The van der Waals surface area contributed by atoms with Crippen LogP contribution in [0.25, 0.3) is 0 Å². The molecule has 5 nitrogen and oxygen atoms in total. The molecule has 0 saturated carbocycles. The van der Waals surface area contributed by atoms with E-state index in [4.69, 9.17) is 4.74 Å². The van der Waals surface area contributed by atoms with Gasteiger partial charge in [-0.1, -0.05) is 6.07 Å². The maximum atomic E-state index is 12.2. The van der Waals surface area contributed by atoms with Crippen LogP contribution in [0.1, 0.15) is 5.56 Å². The van der Waals surface area contributed by atoms with Crippen LogP contribution < -0.4 is 15.4 Å². The van der Waals surface area contributed by atoms with Gasteiger partial charge in [-0.25, -0.2) is 0 Å². The molecule has 2 fully saturated rings. The summed E-state index contributed by atoms with van der Waals surface area (Å²) in [6.45, 7) is 6.70. The van der Waals surface area contributed by atoms with Gasteiger partial charge in [0.1, 0.15) is 5.75 Å². The van der Waals surface area contributed by atoms with Gasteiger partial charge in [-0.2, -0.15) is 0 Å². The zero-order valence-corrected chi connectivity index (χ0v) is 12.7. The highest BCUT2D eigenvalue weighted by Crippen LogP contribution is 2.27. The summed E-state index contributed by atoms with van der Waals surface area (Å²) in [7, 11) is 1.62. The summed E-state index contributed by atoms with van der Waals surface area (Å²) in [5.41, 5.74) is 1.86. The van der Waals surface area contributed by atoms with E-state index in [2.05, 4.69) is 15.5 Å². The number of hydrogen-bond donors (Lipinski definition) is 2. The predicted octanol–water partition coefficient (Wildman–Crippen LogP) is 1.09. The number of ether oxygens (including phenoxy) is 1. The molecule has 1 amide bonds. The van der Waals surface area contributed by atoms with Crippen molar-refractivity contribution in [3.63, 3.8) is 0 Å². The average molecular weight is 289 g/mol. The van der Waals surface area contributed by atoms with Crippen molar-refractivity contribution in [1.82, 2.24) is 10.2 Å². The lowest BCUT2D eigenvalue weighted by atomic mass is 10.0. The molecule has 2 N–H and O–H groups in total. The number of likely N-dealkylation sites (tertiary alicyclic amines) is 1. The van der Waals surface area contributed by atoms with Gasteiger partial charge in [-0.05, 0) is 49.5 Å². The van der Waals surface area contributed by atoms with Gasteiger partial charge in [0.05, 0.1) is 19.3 Å². The summed E-state index contributed by atoms with van der Waals surface area (Å²) in [6.07, 6.45) is 0. The molecule has 2 aliphatic heterocycles. The van der Waals surface area contributed by atoms with Crippen LogP contribution in [0.3, 0.4) is 0 Å². The Kier molecular flexibility index (Phi) is 4.12. The van der Waals surface area contributed by atoms with Gasteiger partial charge >= 0.3 is 0 Å². The monoisotopic (exact) mass is 289 g/mol. The van der Waals surface area contributed by atoms with Crippen LogP contribution >= 0.6 is 0 Å². The molecule has 0 bridgehead atoms. The van der Waals surface area contributed by atoms with Crippen LogP contribution in [-0.4, -0.2) is 50.6 Å². The van der Waals surface area contributed by atoms with E-state index in [0.717, 1.165) is 37.4 Å². The van der Waals surface area contributed by atoms with Crippen molar-refractivity contribution in [2.24, 2.45) is 11.8 Å². The zero-order chi connectivity index (χ0) is 14.8. The number of benzene rings is 1. The van der Waals surface area contributed by atoms with Crippen LogP contribution in [0.4, 0.5) is 5.69 Å². The number of rotatable bonds is 4. The normalized spacial score (nSPS) is 24.9. The number of carbonyl (C=O) groups is 1. The second kappa shape index (κ2) is 6.03. The minimum Gasteiger partial charge on any atom is -0.495 e. The maximum Gasteiger partial charge on any atom is 0.238 e. The number of nitrogens with one attached hydrogen (secondary N) is 2. The van der Waals surface area contributed by atoms with Crippen LogP contribution in [0.15, 0.2) is 18.2 Å². The molecular weight excluding hydrogens is 266 g/mol. The lowest BCUT2D eigenvalue weighted by molar-refractivity contribution is -0.117. The standard InChI is InChI=1S/C16H23N3O2/c1-11-3-4-15(21-2)14(5-11)18-16(20)10-19-8-12-6-17-7-13(12)9-19/h3-5,12-13,17H,6-10H2,1-2H3,(H,18,20)/t12-,13+. The Labute approximate surface area is 125 Å². The molecule has 2 atom stereocenters. The molecule has 114 valence electrons. The van der Waals surface area contributed by atoms with E-state index in [-0.39, 0.29) is 5.91 Å². The lowest BCUT2D eigenvalue weighted by Crippen LogP contribution is -2.33. The summed E-state index contributed by atoms with van der Waals surface area (Å²) < 4.78 is 5.30. The van der Waals surface area contributed by atoms with Gasteiger partial charge < -0.3 is 15.4 Å². The Morgan fingerprint density at radius 2 is 2.10 bits per heavy atom. The fourth-order valence-electron chi connectivity index (χ4n) is 3.39. The molecule has 1 aromatic carbocycles. The minimum atomic E-state index is 0.0341. The summed E-state index contributed by atoms with van der Waals surface area (Å²) in [5, 5.41) is 6.39. The van der Waals surface area contributed by atoms with E-state index in [9.17, 15) is 4.79 Å². The number of fused-ring (bicyclic) bond motifs is 1. The molecule has 0 spiro atoms. The molecule has 2 heterocycles. The molecule has 5 heteroatoms. The number of methoxy groups -OCH3 is 1. The van der Waals surface area contributed by atoms with Crippen molar-refractivity contribution in [3.8, 4) is 5.75 Å². The lowest BCUT2D eigenvalue weighted by Gasteiger charge is -2.17. The highest BCUT2D eigenvalue weighted by Gasteiger charge is 2.36. The molecule has 0 aliphatic carbocycles. The Morgan fingerprint density at radius 1 is 1.38 bits per heavy atom. The Hall–Kier alpha value is -1.59. The van der Waals surface area contributed by atoms with E-state index in [1.54, 1.807) is 7.11 Å². The molecule has 0 aromatic heterocycles. The smallest absolute Gasteiger partial charge is 0.238 e. The minimum absolute atomic E-state index is 0.0341. The average Bonchev–Trinajstić information content (AvgIpc) is 2.99. The largest absolute Gasteiger partial charge is 0.495 e. The second-order valence-corrected chi connectivity index (χ2v) is 6.12. The first-order chi connectivity index (χ1) is 10.2. The Bertz CT molecular complexity index is 520. The molecule has 2 aliphatic rings. The molecule has 0 radical (unpaired) electrons. The molecular formula is C16H23N3O2. The summed E-state index contributed by atoms with van der Waals surface area (Å²) >= 11 is 0. The number of amides is 1. The van der Waals surface area contributed by atoms with E-state index < -0.39 is 0 Å². The SMILES string of the molecule is COc1ccc(C)cc1NC(=O)CN1C[C@H]2CNC[C@H]2C1. The topological polar surface area (TPSA) is 53.6 Å². The first-order valence-corrected chi connectivity index (χ1v) is 7.53. The van der Waals surface area contributed by atoms with Crippen molar-refractivity contribution in [2.75, 3.05) is 45.2 Å². The number of anilines is 1.